The van der Waals surface area contributed by atoms with Crippen LogP contribution < -0.4 is 16.0 Å². The summed E-state index contributed by atoms with van der Waals surface area (Å²) >= 11 is 0. The Morgan fingerprint density at radius 1 is 1.38 bits per heavy atom. The third kappa shape index (κ3) is 3.84. The molecule has 1 atom stereocenters. The molecule has 0 aliphatic carbocycles. The van der Waals surface area contributed by atoms with Crippen LogP contribution in [0.15, 0.2) is 18.2 Å². The van der Waals surface area contributed by atoms with Crippen molar-refractivity contribution in [1.29, 1.82) is 0 Å². The maximum Gasteiger partial charge on any atom is 0.315 e. The summed E-state index contributed by atoms with van der Waals surface area (Å²) in [7, 11) is 0. The minimum atomic E-state index is -0.381. The van der Waals surface area contributed by atoms with Crippen LogP contribution in [0.1, 0.15) is 26.2 Å². The van der Waals surface area contributed by atoms with Gasteiger partial charge in [-0.1, -0.05) is 13.0 Å². The fraction of sp³-hybridized carbons (Fsp3) is 0.500. The van der Waals surface area contributed by atoms with Crippen LogP contribution in [0.3, 0.4) is 0 Å². The van der Waals surface area contributed by atoms with Crippen molar-refractivity contribution in [3.05, 3.63) is 28.3 Å². The van der Waals surface area contributed by atoms with Crippen molar-refractivity contribution in [2.45, 2.75) is 32.2 Å². The number of hydrogen-bond donors (Lipinski definition) is 3. The number of para-hydroxylation sites is 1. The van der Waals surface area contributed by atoms with Gasteiger partial charge < -0.3 is 16.0 Å². The number of amides is 1. The first-order chi connectivity index (χ1) is 10.1. The Labute approximate surface area is 123 Å². The van der Waals surface area contributed by atoms with Gasteiger partial charge in [-0.25, -0.2) is 0 Å². The first kappa shape index (κ1) is 15.1. The van der Waals surface area contributed by atoms with Gasteiger partial charge in [0, 0.05) is 25.6 Å². The van der Waals surface area contributed by atoms with Crippen LogP contribution in [0.2, 0.25) is 0 Å². The minimum absolute atomic E-state index is 0.0318. The molecule has 21 heavy (non-hydrogen) atoms. The highest BCUT2D eigenvalue weighted by Crippen LogP contribution is 2.32. The predicted octanol–water partition coefficient (Wildman–Crippen LogP) is 2.11. The van der Waals surface area contributed by atoms with Gasteiger partial charge in [-0.05, 0) is 25.0 Å². The maximum atomic E-state index is 11.3. The van der Waals surface area contributed by atoms with Crippen molar-refractivity contribution in [3.8, 4) is 0 Å². The van der Waals surface area contributed by atoms with E-state index in [4.69, 9.17) is 0 Å². The normalized spacial score (nSPS) is 17.4. The van der Waals surface area contributed by atoms with Gasteiger partial charge in [0.05, 0.1) is 4.92 Å². The van der Waals surface area contributed by atoms with Gasteiger partial charge in [0.15, 0.2) is 0 Å². The Balaban J connectivity index is 2.10. The van der Waals surface area contributed by atoms with Gasteiger partial charge in [-0.15, -0.1) is 0 Å². The van der Waals surface area contributed by atoms with E-state index < -0.39 is 0 Å². The van der Waals surface area contributed by atoms with Crippen molar-refractivity contribution in [1.82, 2.24) is 5.32 Å². The number of anilines is 2. The number of rotatable bonds is 7. The molecule has 0 radical (unpaired) electrons. The molecule has 0 aromatic heterocycles. The third-order valence-electron chi connectivity index (χ3n) is 3.41. The van der Waals surface area contributed by atoms with Crippen molar-refractivity contribution in [2.24, 2.45) is 0 Å². The SMILES string of the molecule is CCCNc1cccc(NCC2CCC(=O)N2)c1[N+](=O)[O-]. The van der Waals surface area contributed by atoms with Crippen molar-refractivity contribution < 1.29 is 9.72 Å². The van der Waals surface area contributed by atoms with Crippen LogP contribution in [0.25, 0.3) is 0 Å². The second-order valence-corrected chi connectivity index (χ2v) is 5.07. The summed E-state index contributed by atoms with van der Waals surface area (Å²) in [5.74, 6) is 0.0367. The van der Waals surface area contributed by atoms with Crippen molar-refractivity contribution >= 4 is 23.0 Å². The number of benzene rings is 1. The van der Waals surface area contributed by atoms with E-state index in [9.17, 15) is 14.9 Å². The first-order valence-corrected chi connectivity index (χ1v) is 7.16. The van der Waals surface area contributed by atoms with E-state index in [-0.39, 0.29) is 22.6 Å². The van der Waals surface area contributed by atoms with E-state index in [2.05, 4.69) is 16.0 Å². The van der Waals surface area contributed by atoms with E-state index in [1.165, 1.54) is 0 Å². The zero-order valence-electron chi connectivity index (χ0n) is 12.0. The molecule has 0 saturated carbocycles. The Bertz CT molecular complexity index is 533. The summed E-state index contributed by atoms with van der Waals surface area (Å²) < 4.78 is 0. The summed E-state index contributed by atoms with van der Waals surface area (Å²) in [5, 5.41) is 20.3. The van der Waals surface area contributed by atoms with Crippen LogP contribution in [-0.2, 0) is 4.79 Å². The molecule has 114 valence electrons. The van der Waals surface area contributed by atoms with Crippen LogP contribution in [0.4, 0.5) is 17.1 Å². The first-order valence-electron chi connectivity index (χ1n) is 7.16. The second kappa shape index (κ2) is 6.92. The molecule has 1 fully saturated rings. The van der Waals surface area contributed by atoms with Gasteiger partial charge in [0.1, 0.15) is 11.4 Å². The third-order valence-corrected chi connectivity index (χ3v) is 3.41. The molecule has 1 aliphatic rings. The highest BCUT2D eigenvalue weighted by Gasteiger charge is 2.23. The molecule has 1 aromatic rings. The lowest BCUT2D eigenvalue weighted by molar-refractivity contribution is -0.383. The van der Waals surface area contributed by atoms with Crippen LogP contribution in [0.5, 0.6) is 0 Å². The molecule has 7 heteroatoms. The molecule has 1 aromatic carbocycles. The number of nitrogens with zero attached hydrogens (tertiary/aromatic N) is 1. The molecule has 1 aliphatic heterocycles. The van der Waals surface area contributed by atoms with Crippen molar-refractivity contribution in [2.75, 3.05) is 23.7 Å². The summed E-state index contributed by atoms with van der Waals surface area (Å²) in [5.41, 5.74) is 1.04. The standard InChI is InChI=1S/C14H20N4O3/c1-2-8-15-11-4-3-5-12(14(11)18(20)21)16-9-10-6-7-13(19)17-10/h3-5,10,15-16H,2,6-9H2,1H3,(H,17,19). The van der Waals surface area contributed by atoms with E-state index >= 15 is 0 Å². The van der Waals surface area contributed by atoms with Gasteiger partial charge in [0.25, 0.3) is 0 Å². The predicted molar refractivity (Wildman–Crippen MR) is 81.5 cm³/mol. The second-order valence-electron chi connectivity index (χ2n) is 5.07. The lowest BCUT2D eigenvalue weighted by Gasteiger charge is -2.14. The Morgan fingerprint density at radius 2 is 2.10 bits per heavy atom. The van der Waals surface area contributed by atoms with Crippen molar-refractivity contribution in [3.63, 3.8) is 0 Å². The number of nitro groups is 1. The molecule has 2 rings (SSSR count). The average molecular weight is 292 g/mol. The van der Waals surface area contributed by atoms with Crippen LogP contribution in [-0.4, -0.2) is 30.0 Å². The lowest BCUT2D eigenvalue weighted by Crippen LogP contribution is -2.31. The van der Waals surface area contributed by atoms with E-state index in [1.807, 2.05) is 6.92 Å². The molecule has 1 unspecified atom stereocenters. The number of carbonyl (C=O) groups is 1. The fourth-order valence-electron chi connectivity index (χ4n) is 2.35. The summed E-state index contributed by atoms with van der Waals surface area (Å²) in [6.45, 7) is 3.18. The molecular weight excluding hydrogens is 272 g/mol. The molecule has 0 bridgehead atoms. The van der Waals surface area contributed by atoms with E-state index in [0.717, 1.165) is 12.8 Å². The molecule has 1 amide bonds. The molecule has 1 saturated heterocycles. The summed E-state index contributed by atoms with van der Waals surface area (Å²) in [6.07, 6.45) is 2.17. The van der Waals surface area contributed by atoms with Crippen LogP contribution >= 0.6 is 0 Å². The zero-order chi connectivity index (χ0) is 15.2. The van der Waals surface area contributed by atoms with Gasteiger partial charge >= 0.3 is 5.69 Å². The highest BCUT2D eigenvalue weighted by molar-refractivity contribution is 5.79. The summed E-state index contributed by atoms with van der Waals surface area (Å²) in [6, 6.07) is 5.20. The van der Waals surface area contributed by atoms with E-state index in [0.29, 0.717) is 30.9 Å². The smallest absolute Gasteiger partial charge is 0.315 e. The average Bonchev–Trinajstić information content (AvgIpc) is 2.88. The topological polar surface area (TPSA) is 96.3 Å². The van der Waals surface area contributed by atoms with Gasteiger partial charge in [-0.2, -0.15) is 0 Å². The van der Waals surface area contributed by atoms with Gasteiger partial charge in [-0.3, -0.25) is 14.9 Å². The Morgan fingerprint density at radius 3 is 2.67 bits per heavy atom. The largest absolute Gasteiger partial charge is 0.379 e. The highest BCUT2D eigenvalue weighted by atomic mass is 16.6. The number of nitro benzene ring substituents is 1. The quantitative estimate of drug-likeness (QED) is 0.528. The Kier molecular flexibility index (Phi) is 4.97. The van der Waals surface area contributed by atoms with Gasteiger partial charge in [0.2, 0.25) is 5.91 Å². The summed E-state index contributed by atoms with van der Waals surface area (Å²) in [4.78, 5) is 22.1. The molecular formula is C14H20N4O3. The minimum Gasteiger partial charge on any atom is -0.379 e. The molecule has 1 heterocycles. The molecule has 3 N–H and O–H groups in total. The monoisotopic (exact) mass is 292 g/mol. The number of carbonyl (C=O) groups excluding carboxylic acids is 1. The molecule has 0 spiro atoms. The van der Waals surface area contributed by atoms with E-state index in [1.54, 1.807) is 18.2 Å². The fourth-order valence-corrected chi connectivity index (χ4v) is 2.35. The molecule has 7 nitrogen and oxygen atoms in total. The lowest BCUT2D eigenvalue weighted by atomic mass is 10.2. The number of hydrogen-bond acceptors (Lipinski definition) is 5. The Hall–Kier alpha value is -2.31. The maximum absolute atomic E-state index is 11.3. The number of nitrogens with one attached hydrogen (secondary N) is 3. The zero-order valence-corrected chi connectivity index (χ0v) is 12.0. The van der Waals surface area contributed by atoms with Crippen LogP contribution in [0, 0.1) is 10.1 Å².